The van der Waals surface area contributed by atoms with Crippen LogP contribution in [0.5, 0.6) is 5.19 Å². The Kier molecular flexibility index (Phi) is 4.48. The minimum atomic E-state index is -1.05. The van der Waals surface area contributed by atoms with Gasteiger partial charge in [0.2, 0.25) is 6.23 Å². The molecular weight excluding hydrogens is 268 g/mol. The Hall–Kier alpha value is -1.06. The van der Waals surface area contributed by atoms with Crippen molar-refractivity contribution in [2.45, 2.75) is 19.6 Å². The average molecular weight is 286 g/mol. The fourth-order valence-corrected chi connectivity index (χ4v) is 2.71. The molecule has 8 heteroatoms. The highest BCUT2D eigenvalue weighted by atomic mass is 32.1. The molecule has 1 saturated heterocycles. The summed E-state index contributed by atoms with van der Waals surface area (Å²) in [6.45, 7) is 7.18. The highest BCUT2D eigenvalue weighted by Gasteiger charge is 2.42. The lowest BCUT2D eigenvalue weighted by atomic mass is 10.5. The molecule has 0 spiro atoms. The van der Waals surface area contributed by atoms with E-state index in [2.05, 4.69) is 16.8 Å². The molecule has 0 bridgehead atoms. The first-order chi connectivity index (χ1) is 9.10. The van der Waals surface area contributed by atoms with Crippen molar-refractivity contribution >= 4 is 16.5 Å². The third-order valence-corrected chi connectivity index (χ3v) is 3.80. The van der Waals surface area contributed by atoms with Gasteiger partial charge in [-0.15, -0.1) is 6.58 Å². The number of aliphatic hydroxyl groups excluding tert-OH is 1. The molecule has 0 saturated carbocycles. The van der Waals surface area contributed by atoms with Gasteiger partial charge in [0, 0.05) is 17.9 Å². The van der Waals surface area contributed by atoms with Crippen LogP contribution in [0.15, 0.2) is 12.7 Å². The first-order valence-corrected chi connectivity index (χ1v) is 6.98. The number of hydrogen-bond donors (Lipinski definition) is 1. The van der Waals surface area contributed by atoms with E-state index in [9.17, 15) is 10.3 Å². The Labute approximate surface area is 115 Å². The number of hydroxylamine groups is 2. The van der Waals surface area contributed by atoms with Gasteiger partial charge in [-0.1, -0.05) is 23.2 Å². The molecule has 1 N–H and O–H groups in total. The fraction of sp³-hybridized carbons (Fsp3) is 0.636. The molecule has 2 heterocycles. The number of quaternary nitrogens is 1. The molecule has 7 nitrogen and oxygen atoms in total. The van der Waals surface area contributed by atoms with Gasteiger partial charge < -0.3 is 15.1 Å². The number of nitrogens with zero attached hydrogens (tertiary/aromatic N) is 4. The topological polar surface area (TPSA) is 81.5 Å². The molecule has 19 heavy (non-hydrogen) atoms. The Morgan fingerprint density at radius 3 is 3.16 bits per heavy atom. The van der Waals surface area contributed by atoms with Crippen molar-refractivity contribution in [1.29, 1.82) is 0 Å². The van der Waals surface area contributed by atoms with E-state index < -0.39 is 10.9 Å². The van der Waals surface area contributed by atoms with Crippen molar-refractivity contribution < 1.29 is 9.84 Å². The minimum Gasteiger partial charge on any atom is -0.623 e. The Morgan fingerprint density at radius 2 is 2.47 bits per heavy atom. The predicted molar refractivity (Wildman–Crippen MR) is 73.5 cm³/mol. The average Bonchev–Trinajstić information content (AvgIpc) is 2.94. The number of rotatable bonds is 6. The summed E-state index contributed by atoms with van der Waals surface area (Å²) in [7, 11) is 0. The predicted octanol–water partition coefficient (Wildman–Crippen LogP) is 0.909. The van der Waals surface area contributed by atoms with Crippen molar-refractivity contribution in [1.82, 2.24) is 19.7 Å². The lowest BCUT2D eigenvalue weighted by Crippen LogP contribution is -2.48. The summed E-state index contributed by atoms with van der Waals surface area (Å²) in [4.78, 5) is 1.83. The number of hydrogen-bond acceptors (Lipinski definition) is 7. The summed E-state index contributed by atoms with van der Waals surface area (Å²) in [5.74, 6) is 0. The lowest BCUT2D eigenvalue weighted by molar-refractivity contribution is 0.0843. The smallest absolute Gasteiger partial charge is 0.313 e. The number of aliphatic hydroxyl groups is 1. The van der Waals surface area contributed by atoms with Crippen molar-refractivity contribution in [2.24, 2.45) is 0 Å². The van der Waals surface area contributed by atoms with Gasteiger partial charge in [0.25, 0.3) is 5.19 Å². The second-order valence-corrected chi connectivity index (χ2v) is 5.36. The van der Waals surface area contributed by atoms with Crippen molar-refractivity contribution in [2.75, 3.05) is 26.4 Å². The van der Waals surface area contributed by atoms with Crippen LogP contribution in [-0.2, 0) is 0 Å². The molecule has 1 fully saturated rings. The maximum Gasteiger partial charge on any atom is 0.313 e. The molecule has 1 aromatic rings. The first kappa shape index (κ1) is 14.4. The maximum absolute atomic E-state index is 12.7. The zero-order chi connectivity index (χ0) is 13.9. The van der Waals surface area contributed by atoms with Gasteiger partial charge in [0.15, 0.2) is 0 Å². The van der Waals surface area contributed by atoms with E-state index in [1.807, 2.05) is 11.8 Å². The van der Waals surface area contributed by atoms with Crippen LogP contribution in [0.3, 0.4) is 0 Å². The normalized spacial score (nSPS) is 27.6. The summed E-state index contributed by atoms with van der Waals surface area (Å²) >= 11 is 1.10. The number of aromatic nitrogens is 2. The molecule has 2 unspecified atom stereocenters. The third kappa shape index (κ3) is 2.93. The van der Waals surface area contributed by atoms with Crippen molar-refractivity contribution in [3.8, 4) is 5.19 Å². The number of β-amino-alcohol motifs (C(OH)–C–C–N with tert-alkyl or cyclic N) is 1. The summed E-state index contributed by atoms with van der Waals surface area (Å²) < 4.78 is 4.45. The molecule has 1 aromatic heterocycles. The molecule has 2 rings (SSSR count). The molecule has 0 aromatic carbocycles. The Balaban J connectivity index is 2.11. The summed E-state index contributed by atoms with van der Waals surface area (Å²) in [6, 6.07) is 0. The van der Waals surface area contributed by atoms with Gasteiger partial charge in [0.1, 0.15) is 6.67 Å². The number of ether oxygens (including phenoxy) is 1. The van der Waals surface area contributed by atoms with Gasteiger partial charge in [0.05, 0.1) is 13.2 Å². The maximum atomic E-state index is 12.7. The van der Waals surface area contributed by atoms with Crippen molar-refractivity contribution in [3.05, 3.63) is 17.9 Å². The van der Waals surface area contributed by atoms with Crippen LogP contribution in [-0.4, -0.2) is 52.8 Å². The molecule has 1 aliphatic heterocycles. The molecule has 0 amide bonds. The molecule has 0 aliphatic carbocycles. The van der Waals surface area contributed by atoms with Gasteiger partial charge in [-0.2, -0.15) is 0 Å². The van der Waals surface area contributed by atoms with E-state index in [1.54, 1.807) is 6.08 Å². The van der Waals surface area contributed by atoms with E-state index in [1.165, 1.54) is 0 Å². The summed E-state index contributed by atoms with van der Waals surface area (Å²) in [6.07, 6.45) is 1.52. The fourth-order valence-electron chi connectivity index (χ4n) is 1.92. The first-order valence-electron chi connectivity index (χ1n) is 6.17. The lowest BCUT2D eigenvalue weighted by Gasteiger charge is -2.36. The zero-order valence-electron chi connectivity index (χ0n) is 10.9. The molecule has 2 atom stereocenters. The highest BCUT2D eigenvalue weighted by molar-refractivity contribution is 7.16. The largest absolute Gasteiger partial charge is 0.623 e. The van der Waals surface area contributed by atoms with E-state index in [0.29, 0.717) is 24.9 Å². The van der Waals surface area contributed by atoms with Crippen molar-refractivity contribution in [3.63, 3.8) is 0 Å². The van der Waals surface area contributed by atoms with Gasteiger partial charge in [-0.25, -0.2) is 4.90 Å². The van der Waals surface area contributed by atoms with Gasteiger partial charge in [-0.3, -0.25) is 4.65 Å². The van der Waals surface area contributed by atoms with Crippen LogP contribution in [0.2, 0.25) is 0 Å². The SMILES string of the molecule is C=CCN1CC(O)[N+]([O-])(c2nnc(OCCC)s2)C1. The highest BCUT2D eigenvalue weighted by Crippen LogP contribution is 2.35. The van der Waals surface area contributed by atoms with Crippen LogP contribution in [0.25, 0.3) is 0 Å². The monoisotopic (exact) mass is 286 g/mol. The quantitative estimate of drug-likeness (QED) is 0.475. The molecule has 0 radical (unpaired) electrons. The minimum absolute atomic E-state index is 0.148. The van der Waals surface area contributed by atoms with Crippen LogP contribution in [0, 0.1) is 5.21 Å². The Bertz CT molecular complexity index is 441. The van der Waals surface area contributed by atoms with Crippen LogP contribution < -0.4 is 9.38 Å². The summed E-state index contributed by atoms with van der Waals surface area (Å²) in [5, 5.41) is 30.9. The van der Waals surface area contributed by atoms with Crippen LogP contribution in [0.4, 0.5) is 5.13 Å². The van der Waals surface area contributed by atoms with E-state index in [-0.39, 0.29) is 11.8 Å². The zero-order valence-corrected chi connectivity index (χ0v) is 11.7. The Morgan fingerprint density at radius 1 is 1.68 bits per heavy atom. The van der Waals surface area contributed by atoms with Gasteiger partial charge in [-0.05, 0) is 6.42 Å². The van der Waals surface area contributed by atoms with E-state index in [0.717, 1.165) is 17.8 Å². The standard InChI is InChI=1S/C11H18N4O3S/c1-3-5-14-7-9(16)15(17,8-14)10-12-13-11(19-10)18-6-4-2/h3,9,16H,1,4-8H2,2H3. The second kappa shape index (κ2) is 5.93. The molecular formula is C11H18N4O3S. The third-order valence-electron chi connectivity index (χ3n) is 2.85. The van der Waals surface area contributed by atoms with E-state index >= 15 is 0 Å². The van der Waals surface area contributed by atoms with E-state index in [4.69, 9.17) is 4.74 Å². The van der Waals surface area contributed by atoms with Crippen LogP contribution >= 0.6 is 11.3 Å². The van der Waals surface area contributed by atoms with Gasteiger partial charge >= 0.3 is 5.13 Å². The van der Waals surface area contributed by atoms with Crippen LogP contribution in [0.1, 0.15) is 13.3 Å². The molecule has 1 aliphatic rings. The summed E-state index contributed by atoms with van der Waals surface area (Å²) in [5.41, 5.74) is 0. The molecule has 106 valence electrons. The second-order valence-electron chi connectivity index (χ2n) is 4.44.